The van der Waals surface area contributed by atoms with E-state index >= 15 is 0 Å². The number of nitrogens with two attached hydrogens (primary N) is 1. The molecule has 1 fully saturated rings. The Morgan fingerprint density at radius 3 is 2.47 bits per heavy atom. The summed E-state index contributed by atoms with van der Waals surface area (Å²) in [7, 11) is -3.78. The minimum Gasteiger partial charge on any atom is -0.325 e. The van der Waals surface area contributed by atoms with E-state index in [9.17, 15) is 13.2 Å². The van der Waals surface area contributed by atoms with Crippen molar-refractivity contribution in [3.8, 4) is 0 Å². The summed E-state index contributed by atoms with van der Waals surface area (Å²) in [6, 6.07) is 2.91. The molecule has 104 valence electrons. The Hall–Kier alpha value is -1.44. The van der Waals surface area contributed by atoms with Crippen LogP contribution < -0.4 is 15.8 Å². The van der Waals surface area contributed by atoms with Gasteiger partial charge in [-0.1, -0.05) is 0 Å². The SMILES string of the molecule is Cc1cc(S(N)(=O)=O)cc(NC(=O)C2CNC2)c1C. The highest BCUT2D eigenvalue weighted by molar-refractivity contribution is 7.89. The van der Waals surface area contributed by atoms with E-state index in [4.69, 9.17) is 5.14 Å². The number of amides is 1. The van der Waals surface area contributed by atoms with Crippen molar-refractivity contribution in [2.45, 2.75) is 18.7 Å². The second kappa shape index (κ2) is 4.92. The van der Waals surface area contributed by atoms with Crippen LogP contribution in [0.5, 0.6) is 0 Å². The zero-order chi connectivity index (χ0) is 14.2. The first kappa shape index (κ1) is 14.0. The van der Waals surface area contributed by atoms with Crippen molar-refractivity contribution in [2.24, 2.45) is 11.1 Å². The quantitative estimate of drug-likeness (QED) is 0.732. The zero-order valence-electron chi connectivity index (χ0n) is 10.9. The average molecular weight is 283 g/mol. The Labute approximate surface area is 112 Å². The number of benzene rings is 1. The van der Waals surface area contributed by atoms with Crippen molar-refractivity contribution in [3.05, 3.63) is 23.3 Å². The van der Waals surface area contributed by atoms with E-state index in [1.807, 2.05) is 6.92 Å². The average Bonchev–Trinajstić information content (AvgIpc) is 2.20. The molecule has 1 aromatic rings. The number of hydrogen-bond acceptors (Lipinski definition) is 4. The molecule has 1 amide bonds. The predicted octanol–water partition coefficient (Wildman–Crippen LogP) is 0.109. The number of hydrogen-bond donors (Lipinski definition) is 3. The van der Waals surface area contributed by atoms with Crippen LogP contribution in [-0.4, -0.2) is 27.4 Å². The van der Waals surface area contributed by atoms with Crippen molar-refractivity contribution < 1.29 is 13.2 Å². The minimum atomic E-state index is -3.78. The molecule has 1 aromatic carbocycles. The van der Waals surface area contributed by atoms with Gasteiger partial charge in [-0.25, -0.2) is 13.6 Å². The molecule has 6 nitrogen and oxygen atoms in total. The van der Waals surface area contributed by atoms with E-state index in [0.717, 1.165) is 11.1 Å². The molecule has 1 aliphatic rings. The first-order valence-corrected chi connectivity index (χ1v) is 7.49. The van der Waals surface area contributed by atoms with E-state index in [0.29, 0.717) is 18.8 Å². The van der Waals surface area contributed by atoms with Crippen LogP contribution in [0.4, 0.5) is 5.69 Å². The molecule has 1 saturated heterocycles. The predicted molar refractivity (Wildman–Crippen MR) is 72.3 cm³/mol. The molecule has 19 heavy (non-hydrogen) atoms. The lowest BCUT2D eigenvalue weighted by Gasteiger charge is -2.26. The van der Waals surface area contributed by atoms with Crippen molar-refractivity contribution in [1.82, 2.24) is 5.32 Å². The maximum absolute atomic E-state index is 11.9. The van der Waals surface area contributed by atoms with Gasteiger partial charge in [0.2, 0.25) is 15.9 Å². The van der Waals surface area contributed by atoms with E-state index in [1.54, 1.807) is 6.92 Å². The molecule has 2 rings (SSSR count). The number of carbonyl (C=O) groups excluding carboxylic acids is 1. The third kappa shape index (κ3) is 2.94. The summed E-state index contributed by atoms with van der Waals surface area (Å²) < 4.78 is 22.8. The van der Waals surface area contributed by atoms with Crippen LogP contribution in [0.25, 0.3) is 0 Å². The number of rotatable bonds is 3. The molecule has 7 heteroatoms. The summed E-state index contributed by atoms with van der Waals surface area (Å²) in [5.74, 6) is -0.161. The topological polar surface area (TPSA) is 101 Å². The summed E-state index contributed by atoms with van der Waals surface area (Å²) in [5, 5.41) is 10.9. The maximum Gasteiger partial charge on any atom is 0.238 e. The van der Waals surface area contributed by atoms with Gasteiger partial charge in [0.15, 0.2) is 0 Å². The maximum atomic E-state index is 11.9. The lowest BCUT2D eigenvalue weighted by Crippen LogP contribution is -2.48. The molecular weight excluding hydrogens is 266 g/mol. The van der Waals surface area contributed by atoms with E-state index < -0.39 is 10.0 Å². The van der Waals surface area contributed by atoms with Gasteiger partial charge in [-0.15, -0.1) is 0 Å². The summed E-state index contributed by atoms with van der Waals surface area (Å²) in [6.07, 6.45) is 0. The van der Waals surface area contributed by atoms with Gasteiger partial charge < -0.3 is 10.6 Å². The highest BCUT2D eigenvalue weighted by Gasteiger charge is 2.25. The van der Waals surface area contributed by atoms with Gasteiger partial charge in [0, 0.05) is 18.8 Å². The standard InChI is InChI=1S/C12H17N3O3S/c1-7-3-10(19(13,17)18)4-11(8(7)2)15-12(16)9-5-14-6-9/h3-4,9,14H,5-6H2,1-2H3,(H,15,16)(H2,13,17,18). The van der Waals surface area contributed by atoms with Crippen LogP contribution in [0.3, 0.4) is 0 Å². The number of sulfonamides is 1. The first-order chi connectivity index (χ1) is 8.79. The van der Waals surface area contributed by atoms with Crippen molar-refractivity contribution in [1.29, 1.82) is 0 Å². The molecule has 1 heterocycles. The lowest BCUT2D eigenvalue weighted by molar-refractivity contribution is -0.121. The molecule has 0 spiro atoms. The fourth-order valence-corrected chi connectivity index (χ4v) is 2.45. The van der Waals surface area contributed by atoms with Gasteiger partial charge in [0.1, 0.15) is 0 Å². The largest absolute Gasteiger partial charge is 0.325 e. The van der Waals surface area contributed by atoms with Crippen molar-refractivity contribution >= 4 is 21.6 Å². The Morgan fingerprint density at radius 2 is 2.00 bits per heavy atom. The van der Waals surface area contributed by atoms with Crippen molar-refractivity contribution in [2.75, 3.05) is 18.4 Å². The molecule has 0 aromatic heterocycles. The summed E-state index contributed by atoms with van der Waals surface area (Å²) in [6.45, 7) is 4.92. The number of carbonyl (C=O) groups is 1. The second-order valence-electron chi connectivity index (χ2n) is 4.80. The van der Waals surface area contributed by atoms with Crippen LogP contribution in [0.1, 0.15) is 11.1 Å². The number of primary sulfonamides is 1. The Balaban J connectivity index is 2.33. The van der Waals surface area contributed by atoms with Crippen molar-refractivity contribution in [3.63, 3.8) is 0 Å². The van der Waals surface area contributed by atoms with E-state index in [-0.39, 0.29) is 16.7 Å². The fourth-order valence-electron chi connectivity index (χ4n) is 1.83. The van der Waals surface area contributed by atoms with Crippen LogP contribution in [-0.2, 0) is 14.8 Å². The van der Waals surface area contributed by atoms with E-state index in [1.165, 1.54) is 12.1 Å². The fraction of sp³-hybridized carbons (Fsp3) is 0.417. The van der Waals surface area contributed by atoms with E-state index in [2.05, 4.69) is 10.6 Å². The van der Waals surface area contributed by atoms with Crippen LogP contribution in [0, 0.1) is 19.8 Å². The zero-order valence-corrected chi connectivity index (χ0v) is 11.7. The summed E-state index contributed by atoms with van der Waals surface area (Å²) in [5.41, 5.74) is 2.11. The van der Waals surface area contributed by atoms with Crippen LogP contribution in [0.15, 0.2) is 17.0 Å². The van der Waals surface area contributed by atoms with Gasteiger partial charge in [0.25, 0.3) is 0 Å². The molecule has 1 aliphatic heterocycles. The molecule has 4 N–H and O–H groups in total. The molecule has 0 saturated carbocycles. The molecule has 0 atom stereocenters. The normalized spacial score (nSPS) is 15.9. The number of aryl methyl sites for hydroxylation is 1. The molecule has 0 unspecified atom stereocenters. The van der Waals surface area contributed by atoms with Gasteiger partial charge in [-0.05, 0) is 37.1 Å². The molecule has 0 radical (unpaired) electrons. The minimum absolute atomic E-state index is 0.0117. The van der Waals surface area contributed by atoms with Gasteiger partial charge in [0.05, 0.1) is 10.8 Å². The van der Waals surface area contributed by atoms with Gasteiger partial charge in [-0.2, -0.15) is 0 Å². The van der Waals surface area contributed by atoms with Gasteiger partial charge >= 0.3 is 0 Å². The van der Waals surface area contributed by atoms with Crippen LogP contribution in [0.2, 0.25) is 0 Å². The summed E-state index contributed by atoms with van der Waals surface area (Å²) >= 11 is 0. The lowest BCUT2D eigenvalue weighted by atomic mass is 10.0. The highest BCUT2D eigenvalue weighted by Crippen LogP contribution is 2.24. The monoisotopic (exact) mass is 283 g/mol. The smallest absolute Gasteiger partial charge is 0.238 e. The second-order valence-corrected chi connectivity index (χ2v) is 6.36. The van der Waals surface area contributed by atoms with Gasteiger partial charge in [-0.3, -0.25) is 4.79 Å². The third-order valence-corrected chi connectivity index (χ3v) is 4.27. The Kier molecular flexibility index (Phi) is 3.62. The summed E-state index contributed by atoms with van der Waals surface area (Å²) in [4.78, 5) is 11.9. The molecular formula is C12H17N3O3S. The molecule has 0 aliphatic carbocycles. The Morgan fingerprint density at radius 1 is 1.37 bits per heavy atom. The number of nitrogens with one attached hydrogen (secondary N) is 2. The van der Waals surface area contributed by atoms with Crippen LogP contribution >= 0.6 is 0 Å². The first-order valence-electron chi connectivity index (χ1n) is 5.94. The number of anilines is 1. The highest BCUT2D eigenvalue weighted by atomic mass is 32.2. The Bertz CT molecular complexity index is 621. The third-order valence-electron chi connectivity index (χ3n) is 3.38. The molecule has 0 bridgehead atoms.